The molecule has 0 bridgehead atoms. The Kier molecular flexibility index (Phi) is 72.0. The van der Waals surface area contributed by atoms with Gasteiger partial charge in [-0.15, -0.1) is 0 Å². The third kappa shape index (κ3) is 76.9. The number of carbonyl (C=O) groups is 3. The molecule has 0 fully saturated rings. The van der Waals surface area contributed by atoms with Crippen LogP contribution in [0, 0.1) is 0 Å². The van der Waals surface area contributed by atoms with E-state index in [4.69, 9.17) is 18.9 Å². The van der Waals surface area contributed by atoms with Crippen LogP contribution < -0.4 is 0 Å². The van der Waals surface area contributed by atoms with E-state index in [0.717, 1.165) is 96.3 Å². The lowest BCUT2D eigenvalue weighted by molar-refractivity contribution is -0.870. The monoisotopic (exact) mass is 1330 g/mol. The summed E-state index contributed by atoms with van der Waals surface area (Å²) < 4.78 is 23.1. The van der Waals surface area contributed by atoms with Gasteiger partial charge < -0.3 is 28.5 Å². The summed E-state index contributed by atoms with van der Waals surface area (Å²) in [5.74, 6) is -1.99. The van der Waals surface area contributed by atoms with E-state index in [-0.39, 0.29) is 32.2 Å². The van der Waals surface area contributed by atoms with Crippen molar-refractivity contribution in [2.75, 3.05) is 47.5 Å². The molecule has 0 aromatic rings. The average Bonchev–Trinajstić information content (AvgIpc) is 2.92. The van der Waals surface area contributed by atoms with Crippen molar-refractivity contribution in [3.05, 3.63) is 122 Å². The zero-order chi connectivity index (χ0) is 69.0. The standard InChI is InChI=1S/C86H149NO8/c1-6-8-10-12-14-16-18-20-22-24-26-28-30-32-34-36-38-39-40-41-42-43-44-45-47-49-51-53-55-57-59-61-63-65-67-69-71-73-75-77-84(89)95-82(81-94-86(85(90)91)92-79-78-87(3,4)5)80-93-83(88)76-74-72-70-68-66-64-62-60-58-56-54-52-50-48-46-37-35-33-31-29-27-25-23-21-19-17-15-13-11-9-7-2/h8,10,14,16,19-22,25-28,31-34,38-39,41-42,82,86H,6-7,9,11-13,15,17-18,23-24,29-30,35-37,40,43-81H2,1-5H3/p+1/b10-8-,16-14-,21-19-,22-20-,27-25-,28-26-,33-31-,34-32-,39-38-,42-41-. The summed E-state index contributed by atoms with van der Waals surface area (Å²) in [6.45, 7) is 4.79. The summed E-state index contributed by atoms with van der Waals surface area (Å²) in [5, 5.41) is 9.77. The van der Waals surface area contributed by atoms with Crippen molar-refractivity contribution < 1.29 is 42.9 Å². The summed E-state index contributed by atoms with van der Waals surface area (Å²) in [5.41, 5.74) is 0. The van der Waals surface area contributed by atoms with Crippen molar-refractivity contribution in [2.45, 2.75) is 360 Å². The van der Waals surface area contributed by atoms with Gasteiger partial charge in [0.1, 0.15) is 13.2 Å². The predicted molar refractivity (Wildman–Crippen MR) is 410 cm³/mol. The highest BCUT2D eigenvalue weighted by molar-refractivity contribution is 5.71. The maximum absolute atomic E-state index is 13.0. The fraction of sp³-hybridized carbons (Fsp3) is 0.733. The van der Waals surface area contributed by atoms with E-state index in [1.54, 1.807) is 0 Å². The predicted octanol–water partition coefficient (Wildman–Crippen LogP) is 25.5. The molecule has 0 aromatic heterocycles. The van der Waals surface area contributed by atoms with Crippen molar-refractivity contribution in [2.24, 2.45) is 0 Å². The Bertz CT molecular complexity index is 1980. The Morgan fingerprint density at radius 2 is 0.600 bits per heavy atom. The van der Waals surface area contributed by atoms with Crippen LogP contribution in [-0.4, -0.2) is 87.4 Å². The minimum absolute atomic E-state index is 0.183. The third-order valence-corrected chi connectivity index (χ3v) is 17.2. The van der Waals surface area contributed by atoms with E-state index in [1.165, 1.54) is 225 Å². The maximum Gasteiger partial charge on any atom is 0.361 e. The van der Waals surface area contributed by atoms with Crippen LogP contribution in [0.4, 0.5) is 0 Å². The van der Waals surface area contributed by atoms with Gasteiger partial charge in [0.2, 0.25) is 0 Å². The Labute approximate surface area is 587 Å². The summed E-state index contributed by atoms with van der Waals surface area (Å²) in [4.78, 5) is 37.7. The number of carboxylic acids is 1. The topological polar surface area (TPSA) is 108 Å². The van der Waals surface area contributed by atoms with Crippen LogP contribution in [0.15, 0.2) is 122 Å². The van der Waals surface area contributed by atoms with E-state index in [9.17, 15) is 19.5 Å². The third-order valence-electron chi connectivity index (χ3n) is 17.2. The zero-order valence-corrected chi connectivity index (χ0v) is 62.6. The van der Waals surface area contributed by atoms with Gasteiger partial charge in [-0.05, 0) is 109 Å². The van der Waals surface area contributed by atoms with Gasteiger partial charge in [-0.1, -0.05) is 347 Å². The fourth-order valence-corrected chi connectivity index (χ4v) is 11.2. The first kappa shape index (κ1) is 90.7. The summed E-state index contributed by atoms with van der Waals surface area (Å²) in [7, 11) is 5.99. The largest absolute Gasteiger partial charge is 0.477 e. The second-order valence-corrected chi connectivity index (χ2v) is 27.6. The molecule has 2 unspecified atom stereocenters. The normalized spacial score (nSPS) is 13.3. The highest BCUT2D eigenvalue weighted by atomic mass is 16.7. The molecular weight excluding hydrogens is 1170 g/mol. The van der Waals surface area contributed by atoms with Crippen LogP contribution in [0.3, 0.4) is 0 Å². The molecule has 95 heavy (non-hydrogen) atoms. The summed E-state index contributed by atoms with van der Waals surface area (Å²) in [6, 6.07) is 0. The van der Waals surface area contributed by atoms with Crippen molar-refractivity contribution in [1.82, 2.24) is 0 Å². The van der Waals surface area contributed by atoms with E-state index in [1.807, 2.05) is 21.1 Å². The first-order chi connectivity index (χ1) is 46.6. The number of rotatable bonds is 73. The number of nitrogens with zero attached hydrogens (tertiary/aromatic N) is 1. The van der Waals surface area contributed by atoms with Gasteiger partial charge in [-0.3, -0.25) is 9.59 Å². The Morgan fingerprint density at radius 3 is 0.895 bits per heavy atom. The summed E-state index contributed by atoms with van der Waals surface area (Å²) >= 11 is 0. The smallest absolute Gasteiger partial charge is 0.361 e. The molecule has 0 spiro atoms. The minimum Gasteiger partial charge on any atom is -0.477 e. The van der Waals surface area contributed by atoms with Crippen molar-refractivity contribution in [3.63, 3.8) is 0 Å². The van der Waals surface area contributed by atoms with E-state index < -0.39 is 24.3 Å². The molecule has 9 nitrogen and oxygen atoms in total. The molecule has 2 atom stereocenters. The lowest BCUT2D eigenvalue weighted by atomic mass is 10.0. The number of quaternary nitrogens is 1. The SMILES string of the molecule is CC/C=C\C/C=C\C/C=C\C/C=C\C/C=C\C/C=C\C/C=C\CCCCCCCCCCCCCCCCCCCC(=O)OC(COC(=O)CCCCCCCCCCCCCCCCCC/C=C\C/C=C\C/C=C\CCCCCCC)COC(OCC[N+](C)(C)C)C(=O)O. The second kappa shape index (κ2) is 75.5. The van der Waals surface area contributed by atoms with Gasteiger partial charge in [-0.25, -0.2) is 4.79 Å². The number of unbranched alkanes of at least 4 members (excludes halogenated alkanes) is 38. The van der Waals surface area contributed by atoms with Gasteiger partial charge in [-0.2, -0.15) is 0 Å². The lowest BCUT2D eigenvalue weighted by Crippen LogP contribution is -2.40. The van der Waals surface area contributed by atoms with Crippen LogP contribution in [0.2, 0.25) is 0 Å². The van der Waals surface area contributed by atoms with Crippen LogP contribution >= 0.6 is 0 Å². The molecule has 0 saturated carbocycles. The van der Waals surface area contributed by atoms with Crippen molar-refractivity contribution in [1.29, 1.82) is 0 Å². The first-order valence-electron chi connectivity index (χ1n) is 39.7. The van der Waals surface area contributed by atoms with Gasteiger partial charge in [0.15, 0.2) is 6.10 Å². The number of esters is 2. The van der Waals surface area contributed by atoms with Crippen LogP contribution in [0.25, 0.3) is 0 Å². The average molecular weight is 1330 g/mol. The molecule has 9 heteroatoms. The van der Waals surface area contributed by atoms with E-state index >= 15 is 0 Å². The maximum atomic E-state index is 13.0. The molecule has 0 aliphatic heterocycles. The van der Waals surface area contributed by atoms with Crippen LogP contribution in [0.1, 0.15) is 348 Å². The number of ether oxygens (including phenoxy) is 4. The summed E-state index contributed by atoms with van der Waals surface area (Å²) in [6.07, 6.45) is 105. The molecular formula is C86H150NO8+. The van der Waals surface area contributed by atoms with E-state index in [2.05, 4.69) is 135 Å². The number of carbonyl (C=O) groups excluding carboxylic acids is 2. The molecule has 0 aliphatic carbocycles. The molecule has 0 saturated heterocycles. The molecule has 0 rings (SSSR count). The number of aliphatic carboxylic acids is 1. The number of likely N-dealkylation sites (N-methyl/N-ethyl adjacent to an activating group) is 1. The number of carboxylic acid groups (broad SMARTS) is 1. The molecule has 0 heterocycles. The van der Waals surface area contributed by atoms with Gasteiger partial charge >= 0.3 is 17.9 Å². The molecule has 0 radical (unpaired) electrons. The Morgan fingerprint density at radius 1 is 0.326 bits per heavy atom. The minimum atomic E-state index is -1.52. The molecule has 1 N–H and O–H groups in total. The van der Waals surface area contributed by atoms with E-state index in [0.29, 0.717) is 17.4 Å². The first-order valence-corrected chi connectivity index (χ1v) is 39.7. The fourth-order valence-electron chi connectivity index (χ4n) is 11.2. The number of allylic oxidation sites excluding steroid dienone is 20. The Hall–Kier alpha value is -4.31. The molecule has 546 valence electrons. The zero-order valence-electron chi connectivity index (χ0n) is 62.6. The van der Waals surface area contributed by atoms with Crippen molar-refractivity contribution >= 4 is 17.9 Å². The molecule has 0 aromatic carbocycles. The van der Waals surface area contributed by atoms with Crippen LogP contribution in [-0.2, 0) is 33.3 Å². The highest BCUT2D eigenvalue weighted by Crippen LogP contribution is 2.18. The molecule has 0 amide bonds. The van der Waals surface area contributed by atoms with Crippen LogP contribution in [0.5, 0.6) is 0 Å². The lowest BCUT2D eigenvalue weighted by Gasteiger charge is -2.25. The molecule has 0 aliphatic rings. The quantitative estimate of drug-likeness (QED) is 0.0211. The Balaban J connectivity index is 4.04. The van der Waals surface area contributed by atoms with Crippen molar-refractivity contribution in [3.8, 4) is 0 Å². The number of hydrogen-bond acceptors (Lipinski definition) is 7. The number of hydrogen-bond donors (Lipinski definition) is 1. The second-order valence-electron chi connectivity index (χ2n) is 27.6. The van der Waals surface area contributed by atoms with Gasteiger partial charge in [0.05, 0.1) is 34.4 Å². The van der Waals surface area contributed by atoms with Gasteiger partial charge in [0.25, 0.3) is 6.29 Å². The highest BCUT2D eigenvalue weighted by Gasteiger charge is 2.25. The van der Waals surface area contributed by atoms with Gasteiger partial charge in [0, 0.05) is 12.8 Å².